The van der Waals surface area contributed by atoms with E-state index in [4.69, 9.17) is 8.44 Å². The molecule has 0 unspecified atom stereocenters. The van der Waals surface area contributed by atoms with Crippen molar-refractivity contribution < 1.29 is 31.5 Å². The van der Waals surface area contributed by atoms with Gasteiger partial charge in [-0.15, -0.1) is 17.0 Å². The van der Waals surface area contributed by atoms with E-state index in [0.29, 0.717) is 17.8 Å². The molecule has 0 saturated heterocycles. The molecule has 0 aliphatic heterocycles. The van der Waals surface area contributed by atoms with Gasteiger partial charge in [-0.25, -0.2) is 0 Å². The molecule has 0 saturated carbocycles. The summed E-state index contributed by atoms with van der Waals surface area (Å²) in [5.41, 5.74) is 0. The van der Waals surface area contributed by atoms with E-state index in [1.54, 1.807) is 0 Å². The molecule has 0 radical (unpaired) electrons. The van der Waals surface area contributed by atoms with Gasteiger partial charge in [-0.1, -0.05) is 0 Å². The fraction of sp³-hybridized carbons (Fsp3) is 1.00. The molecule has 0 rings (SSSR count). The molecule has 0 heterocycles. The Kier molecular flexibility index (Phi) is 14.9. The Morgan fingerprint density at radius 3 is 1.06 bits per heavy atom. The average molecular weight is 391 g/mol. The molecule has 0 aromatic heterocycles. The number of rotatable bonds is 9. The van der Waals surface area contributed by atoms with Crippen LogP contribution in [-0.2, 0) is 31.5 Å². The first-order valence-corrected chi connectivity index (χ1v) is 9.18. The van der Waals surface area contributed by atoms with Crippen LogP contribution in [0.25, 0.3) is 0 Å². The first-order valence-electron chi connectivity index (χ1n) is 6.17. The summed E-state index contributed by atoms with van der Waals surface area (Å²) in [4.78, 5) is 0. The van der Waals surface area contributed by atoms with E-state index < -0.39 is 23.1 Å². The molecule has 0 aliphatic carbocycles. The van der Waals surface area contributed by atoms with Crippen LogP contribution in [0.1, 0.15) is 41.5 Å². The second-order valence-electron chi connectivity index (χ2n) is 5.36. The van der Waals surface area contributed by atoms with Gasteiger partial charge in [-0.2, -0.15) is 0 Å². The maximum absolute atomic E-state index is 5.76. The van der Waals surface area contributed by atoms with Crippen LogP contribution in [0.15, 0.2) is 0 Å². The van der Waals surface area contributed by atoms with Gasteiger partial charge in [0.2, 0.25) is 0 Å². The average Bonchev–Trinajstić information content (AvgIpc) is 2.15. The SMILES string of the molecule is Br.CC(C)C[O][Zr]([O]CC(C)C)[O]CC(C)C. The Bertz CT molecular complexity index is 137. The summed E-state index contributed by atoms with van der Waals surface area (Å²) < 4.78 is 17.3. The van der Waals surface area contributed by atoms with E-state index in [0.717, 1.165) is 19.8 Å². The van der Waals surface area contributed by atoms with Crippen molar-refractivity contribution in [3.05, 3.63) is 0 Å². The Morgan fingerprint density at radius 2 is 0.882 bits per heavy atom. The Morgan fingerprint density at radius 1 is 0.647 bits per heavy atom. The molecular formula is C12H28BrO3Zr. The Balaban J connectivity index is 0. The van der Waals surface area contributed by atoms with E-state index in [-0.39, 0.29) is 17.0 Å². The molecule has 0 fully saturated rings. The zero-order valence-corrected chi connectivity index (χ0v) is 16.2. The van der Waals surface area contributed by atoms with Crippen LogP contribution in [0.3, 0.4) is 0 Å². The summed E-state index contributed by atoms with van der Waals surface area (Å²) in [5.74, 6) is 1.63. The third-order valence-electron chi connectivity index (χ3n) is 1.60. The minimum atomic E-state index is -2.48. The number of hydrogen-bond acceptors (Lipinski definition) is 3. The molecule has 3 nitrogen and oxygen atoms in total. The second-order valence-corrected chi connectivity index (χ2v) is 8.72. The topological polar surface area (TPSA) is 27.7 Å². The van der Waals surface area contributed by atoms with Crippen LogP contribution in [0.2, 0.25) is 0 Å². The molecule has 0 spiro atoms. The monoisotopic (exact) mass is 389 g/mol. The van der Waals surface area contributed by atoms with E-state index in [1.165, 1.54) is 0 Å². The predicted octanol–water partition coefficient (Wildman–Crippen LogP) is 3.95. The van der Waals surface area contributed by atoms with Crippen molar-refractivity contribution in [3.8, 4) is 0 Å². The summed E-state index contributed by atoms with van der Waals surface area (Å²) >= 11 is -2.48. The van der Waals surface area contributed by atoms with Gasteiger partial charge in [0.25, 0.3) is 0 Å². The van der Waals surface area contributed by atoms with Gasteiger partial charge < -0.3 is 0 Å². The Labute approximate surface area is 127 Å². The van der Waals surface area contributed by atoms with Crippen molar-refractivity contribution in [2.75, 3.05) is 19.8 Å². The Hall–Kier alpha value is 1.24. The van der Waals surface area contributed by atoms with E-state index >= 15 is 0 Å². The van der Waals surface area contributed by atoms with E-state index in [2.05, 4.69) is 41.5 Å². The normalized spacial score (nSPS) is 11.1. The summed E-state index contributed by atoms with van der Waals surface area (Å²) in [6.45, 7) is 15.1. The summed E-state index contributed by atoms with van der Waals surface area (Å²) in [6.07, 6.45) is 0. The van der Waals surface area contributed by atoms with E-state index in [1.807, 2.05) is 0 Å². The molecule has 0 amide bonds. The van der Waals surface area contributed by atoms with Gasteiger partial charge in [0.1, 0.15) is 0 Å². The molecule has 17 heavy (non-hydrogen) atoms. The number of hydrogen-bond donors (Lipinski definition) is 0. The molecule has 0 aromatic carbocycles. The van der Waals surface area contributed by atoms with Crippen LogP contribution in [0, 0.1) is 17.8 Å². The van der Waals surface area contributed by atoms with Crippen molar-refractivity contribution in [2.45, 2.75) is 41.5 Å². The second kappa shape index (κ2) is 12.3. The van der Waals surface area contributed by atoms with Crippen LogP contribution < -0.4 is 0 Å². The fourth-order valence-corrected chi connectivity index (χ4v) is 4.91. The summed E-state index contributed by atoms with van der Waals surface area (Å²) in [7, 11) is 0. The standard InChI is InChI=1S/3C4H9O.BrH.Zr/c3*1-4(2)3-5;;/h3*4H,3H2,1-2H3;1H;/q3*-1;;+3. The quantitative estimate of drug-likeness (QED) is 0.596. The summed E-state index contributed by atoms with van der Waals surface area (Å²) in [5, 5.41) is 0. The molecule has 0 aromatic rings. The van der Waals surface area contributed by atoms with Gasteiger partial charge in [0, 0.05) is 0 Å². The molecular weight excluding hydrogens is 363 g/mol. The first-order chi connectivity index (χ1) is 7.41. The minimum absolute atomic E-state index is 0. The molecule has 0 aliphatic rings. The van der Waals surface area contributed by atoms with Crippen molar-refractivity contribution in [1.29, 1.82) is 0 Å². The third-order valence-corrected chi connectivity index (χ3v) is 4.57. The molecule has 105 valence electrons. The summed E-state index contributed by atoms with van der Waals surface area (Å²) in [6, 6.07) is 0. The van der Waals surface area contributed by atoms with Crippen molar-refractivity contribution in [2.24, 2.45) is 17.8 Å². The van der Waals surface area contributed by atoms with E-state index in [9.17, 15) is 0 Å². The van der Waals surface area contributed by atoms with Crippen molar-refractivity contribution in [3.63, 3.8) is 0 Å². The van der Waals surface area contributed by atoms with Gasteiger partial charge >= 0.3 is 111 Å². The molecule has 5 heteroatoms. The predicted molar refractivity (Wildman–Crippen MR) is 72.7 cm³/mol. The third kappa shape index (κ3) is 15.2. The zero-order valence-electron chi connectivity index (χ0n) is 12.0. The fourth-order valence-electron chi connectivity index (χ4n) is 0.829. The molecule has 0 atom stereocenters. The van der Waals surface area contributed by atoms with Crippen LogP contribution in [0.4, 0.5) is 0 Å². The zero-order chi connectivity index (χ0) is 12.6. The van der Waals surface area contributed by atoms with Crippen LogP contribution in [0.5, 0.6) is 0 Å². The molecule has 0 bridgehead atoms. The van der Waals surface area contributed by atoms with Gasteiger partial charge in [-0.05, 0) is 0 Å². The first kappa shape index (κ1) is 20.6. The van der Waals surface area contributed by atoms with Crippen LogP contribution in [-0.4, -0.2) is 19.8 Å². The van der Waals surface area contributed by atoms with Gasteiger partial charge in [-0.3, -0.25) is 0 Å². The van der Waals surface area contributed by atoms with Gasteiger partial charge in [0.15, 0.2) is 0 Å². The van der Waals surface area contributed by atoms with Crippen LogP contribution >= 0.6 is 17.0 Å². The molecule has 0 N–H and O–H groups in total. The number of halogens is 1. The van der Waals surface area contributed by atoms with Crippen molar-refractivity contribution in [1.82, 2.24) is 0 Å². The van der Waals surface area contributed by atoms with Gasteiger partial charge in [0.05, 0.1) is 0 Å². The van der Waals surface area contributed by atoms with Crippen molar-refractivity contribution >= 4 is 17.0 Å². The maximum atomic E-state index is 5.76.